The van der Waals surface area contributed by atoms with E-state index in [2.05, 4.69) is 0 Å². The molecule has 0 spiro atoms. The van der Waals surface area contributed by atoms with Crippen LogP contribution in [0.1, 0.15) is 17.4 Å². The predicted molar refractivity (Wildman–Crippen MR) is 99.2 cm³/mol. The van der Waals surface area contributed by atoms with Gasteiger partial charge in [-0.05, 0) is 44.4 Å². The highest BCUT2D eigenvalue weighted by Crippen LogP contribution is 2.41. The lowest BCUT2D eigenvalue weighted by atomic mass is 9.98. The summed E-state index contributed by atoms with van der Waals surface area (Å²) >= 11 is 0. The molecular weight excluding hydrogens is 367 g/mol. The van der Waals surface area contributed by atoms with Crippen molar-refractivity contribution in [1.29, 1.82) is 0 Å². The number of carbonyl (C=O) groups is 2. The Balaban J connectivity index is 2.17. The number of methoxy groups -OCH3 is 1. The normalized spacial score (nSPS) is 18.9. The van der Waals surface area contributed by atoms with Crippen molar-refractivity contribution in [1.82, 2.24) is 9.80 Å². The molecular formula is C20H21FN2O5. The zero-order chi connectivity index (χ0) is 20.4. The molecule has 7 nitrogen and oxygen atoms in total. The van der Waals surface area contributed by atoms with Crippen molar-refractivity contribution in [2.75, 3.05) is 34.3 Å². The van der Waals surface area contributed by atoms with Gasteiger partial charge in [0.2, 0.25) is 0 Å². The average molecular weight is 388 g/mol. The molecule has 28 heavy (non-hydrogen) atoms. The maximum Gasteiger partial charge on any atom is 0.295 e. The summed E-state index contributed by atoms with van der Waals surface area (Å²) in [5, 5.41) is 10.9. The zero-order valence-electron chi connectivity index (χ0n) is 15.8. The van der Waals surface area contributed by atoms with Gasteiger partial charge in [-0.2, -0.15) is 0 Å². The Morgan fingerprint density at radius 3 is 2.68 bits per heavy atom. The fraction of sp³-hybridized carbons (Fsp3) is 0.300. The van der Waals surface area contributed by atoms with Crippen molar-refractivity contribution in [2.45, 2.75) is 6.04 Å². The van der Waals surface area contributed by atoms with Gasteiger partial charge in [-0.15, -0.1) is 0 Å². The number of halogens is 1. The molecule has 0 aliphatic carbocycles. The van der Waals surface area contributed by atoms with E-state index in [0.29, 0.717) is 12.3 Å². The second-order valence-electron chi connectivity index (χ2n) is 6.66. The number of aliphatic hydroxyl groups is 1. The van der Waals surface area contributed by atoms with Crippen LogP contribution in [-0.4, -0.2) is 60.9 Å². The van der Waals surface area contributed by atoms with Crippen LogP contribution in [0.15, 0.2) is 46.6 Å². The Hall–Kier alpha value is -3.13. The average Bonchev–Trinajstić information content (AvgIpc) is 3.27. The van der Waals surface area contributed by atoms with E-state index in [9.17, 15) is 19.1 Å². The first kappa shape index (κ1) is 19.6. The number of benzene rings is 1. The van der Waals surface area contributed by atoms with Crippen molar-refractivity contribution in [3.63, 3.8) is 0 Å². The number of furan rings is 1. The monoisotopic (exact) mass is 388 g/mol. The van der Waals surface area contributed by atoms with Crippen molar-refractivity contribution in [3.05, 3.63) is 59.3 Å². The largest absolute Gasteiger partial charge is 0.507 e. The van der Waals surface area contributed by atoms with Crippen molar-refractivity contribution < 1.29 is 28.2 Å². The van der Waals surface area contributed by atoms with Crippen LogP contribution in [0.2, 0.25) is 0 Å². The molecule has 0 saturated carbocycles. The molecule has 2 heterocycles. The zero-order valence-corrected chi connectivity index (χ0v) is 15.8. The number of likely N-dealkylation sites (tertiary alicyclic amines) is 1. The van der Waals surface area contributed by atoms with Crippen molar-refractivity contribution in [3.8, 4) is 5.75 Å². The predicted octanol–water partition coefficient (Wildman–Crippen LogP) is 2.41. The van der Waals surface area contributed by atoms with E-state index < -0.39 is 29.3 Å². The molecule has 1 atom stereocenters. The summed E-state index contributed by atoms with van der Waals surface area (Å²) in [7, 11) is 5.05. The fourth-order valence-corrected chi connectivity index (χ4v) is 3.17. The number of nitrogens with zero attached hydrogens (tertiary/aromatic N) is 2. The number of ether oxygens (including phenoxy) is 1. The van der Waals surface area contributed by atoms with Gasteiger partial charge in [-0.25, -0.2) is 4.39 Å². The minimum atomic E-state index is -0.914. The molecule has 1 N–H and O–H groups in total. The smallest absolute Gasteiger partial charge is 0.295 e. The number of aliphatic hydroxyl groups excluding tert-OH is 1. The minimum absolute atomic E-state index is 0.00957. The van der Waals surface area contributed by atoms with Crippen LogP contribution in [0, 0.1) is 5.82 Å². The summed E-state index contributed by atoms with van der Waals surface area (Å²) in [6.07, 6.45) is 1.42. The Morgan fingerprint density at radius 2 is 2.07 bits per heavy atom. The van der Waals surface area contributed by atoms with Crippen LogP contribution < -0.4 is 4.74 Å². The summed E-state index contributed by atoms with van der Waals surface area (Å²) in [6, 6.07) is 5.91. The first-order chi connectivity index (χ1) is 13.3. The van der Waals surface area contributed by atoms with Crippen LogP contribution in [0.5, 0.6) is 5.75 Å². The molecule has 0 bridgehead atoms. The van der Waals surface area contributed by atoms with Gasteiger partial charge >= 0.3 is 0 Å². The SMILES string of the molecule is COc1ccc(F)cc1/C(O)=C1\C(=O)C(=O)N(CCN(C)C)[C@@H]1c1ccco1. The van der Waals surface area contributed by atoms with E-state index >= 15 is 0 Å². The Kier molecular flexibility index (Phi) is 5.51. The van der Waals surface area contributed by atoms with E-state index in [0.717, 1.165) is 6.07 Å². The van der Waals surface area contributed by atoms with Crippen molar-refractivity contribution in [2.24, 2.45) is 0 Å². The van der Waals surface area contributed by atoms with Crippen LogP contribution in [0.3, 0.4) is 0 Å². The molecule has 148 valence electrons. The lowest BCUT2D eigenvalue weighted by Crippen LogP contribution is -2.35. The molecule has 1 aliphatic heterocycles. The van der Waals surface area contributed by atoms with Gasteiger partial charge in [-0.3, -0.25) is 9.59 Å². The Morgan fingerprint density at radius 1 is 1.32 bits per heavy atom. The molecule has 1 fully saturated rings. The summed E-state index contributed by atoms with van der Waals surface area (Å²) < 4.78 is 24.4. The van der Waals surface area contributed by atoms with E-state index in [4.69, 9.17) is 9.15 Å². The van der Waals surface area contributed by atoms with E-state index in [-0.39, 0.29) is 23.4 Å². The summed E-state index contributed by atoms with van der Waals surface area (Å²) in [5.74, 6) is -2.22. The van der Waals surface area contributed by atoms with Gasteiger partial charge in [0, 0.05) is 13.1 Å². The third-order valence-corrected chi connectivity index (χ3v) is 4.56. The first-order valence-electron chi connectivity index (χ1n) is 8.65. The number of carbonyl (C=O) groups excluding carboxylic acids is 2. The minimum Gasteiger partial charge on any atom is -0.507 e. The number of rotatable bonds is 6. The highest BCUT2D eigenvalue weighted by Gasteiger charge is 2.47. The number of hydrogen-bond acceptors (Lipinski definition) is 6. The molecule has 8 heteroatoms. The Bertz CT molecular complexity index is 921. The molecule has 0 unspecified atom stereocenters. The first-order valence-corrected chi connectivity index (χ1v) is 8.65. The van der Waals surface area contributed by atoms with Gasteiger partial charge in [0.25, 0.3) is 11.7 Å². The van der Waals surface area contributed by atoms with E-state index in [1.54, 1.807) is 12.1 Å². The van der Waals surface area contributed by atoms with E-state index in [1.807, 2.05) is 19.0 Å². The van der Waals surface area contributed by atoms with Gasteiger partial charge in [-0.1, -0.05) is 0 Å². The Labute approximate surface area is 161 Å². The fourth-order valence-electron chi connectivity index (χ4n) is 3.17. The second-order valence-corrected chi connectivity index (χ2v) is 6.66. The molecule has 1 aromatic heterocycles. The highest BCUT2D eigenvalue weighted by molar-refractivity contribution is 6.46. The van der Waals surface area contributed by atoms with Crippen LogP contribution in [0.25, 0.3) is 5.76 Å². The standard InChI is InChI=1S/C20H21FN2O5/c1-22(2)8-9-23-17(15-5-4-10-28-15)16(19(25)20(23)26)18(24)13-11-12(21)6-7-14(13)27-3/h4-7,10-11,17,24H,8-9H2,1-3H3/b18-16+/t17-/m1/s1. The lowest BCUT2D eigenvalue weighted by molar-refractivity contribution is -0.140. The summed E-state index contributed by atoms with van der Waals surface area (Å²) in [6.45, 7) is 0.758. The highest BCUT2D eigenvalue weighted by atomic mass is 19.1. The summed E-state index contributed by atoms with van der Waals surface area (Å²) in [4.78, 5) is 28.6. The molecule has 0 radical (unpaired) electrons. The van der Waals surface area contributed by atoms with Crippen LogP contribution in [0.4, 0.5) is 4.39 Å². The third kappa shape index (κ3) is 3.50. The molecule has 1 amide bonds. The molecule has 1 saturated heterocycles. The van der Waals surface area contributed by atoms with Crippen LogP contribution in [-0.2, 0) is 9.59 Å². The summed E-state index contributed by atoms with van der Waals surface area (Å²) in [5.41, 5.74) is -0.174. The van der Waals surface area contributed by atoms with Gasteiger partial charge in [0.05, 0.1) is 24.5 Å². The number of hydrogen-bond donors (Lipinski definition) is 1. The number of likely N-dealkylation sites (N-methyl/N-ethyl adjacent to an activating group) is 1. The maximum absolute atomic E-state index is 13.8. The number of Topliss-reactive ketones (excluding diaryl/α,β-unsaturated/α-hetero) is 1. The van der Waals surface area contributed by atoms with E-state index in [1.165, 1.54) is 30.4 Å². The number of amides is 1. The molecule has 3 rings (SSSR count). The molecule has 2 aromatic rings. The van der Waals surface area contributed by atoms with Gasteiger partial charge < -0.3 is 24.1 Å². The molecule has 1 aliphatic rings. The second kappa shape index (κ2) is 7.85. The lowest BCUT2D eigenvalue weighted by Gasteiger charge is -2.24. The number of ketones is 1. The van der Waals surface area contributed by atoms with Crippen LogP contribution >= 0.6 is 0 Å². The third-order valence-electron chi connectivity index (χ3n) is 4.56. The topological polar surface area (TPSA) is 83.2 Å². The molecule has 1 aromatic carbocycles. The van der Waals surface area contributed by atoms with Crippen molar-refractivity contribution >= 4 is 17.4 Å². The van der Waals surface area contributed by atoms with Gasteiger partial charge in [0.1, 0.15) is 29.1 Å². The van der Waals surface area contributed by atoms with Gasteiger partial charge in [0.15, 0.2) is 0 Å². The quantitative estimate of drug-likeness (QED) is 0.465. The maximum atomic E-state index is 13.8.